The van der Waals surface area contributed by atoms with Crippen LogP contribution in [-0.2, 0) is 0 Å². The summed E-state index contributed by atoms with van der Waals surface area (Å²) in [5, 5.41) is 0. The number of rotatable bonds is 0. The van der Waals surface area contributed by atoms with Crippen LogP contribution in [0.25, 0.3) is 0 Å². The van der Waals surface area contributed by atoms with Crippen molar-refractivity contribution >= 4 is 32.1 Å². The van der Waals surface area contributed by atoms with E-state index in [0.717, 1.165) is 0 Å². The molecule has 0 radical (unpaired) electrons. The van der Waals surface area contributed by atoms with E-state index in [1.54, 1.807) is 0 Å². The van der Waals surface area contributed by atoms with Crippen LogP contribution in [0.4, 0.5) is 0 Å². The summed E-state index contributed by atoms with van der Waals surface area (Å²) in [6.07, 6.45) is 0. The van der Waals surface area contributed by atoms with Gasteiger partial charge in [0.05, 0.1) is 0 Å². The van der Waals surface area contributed by atoms with Gasteiger partial charge in [-0.05, 0) is 0 Å². The van der Waals surface area contributed by atoms with Crippen molar-refractivity contribution in [3.05, 3.63) is 0 Å². The van der Waals surface area contributed by atoms with Gasteiger partial charge in [-0.1, -0.05) is 0 Å². The molecule has 0 unspecified atom stereocenters. The molecule has 0 aromatic rings. The molecule has 32 valence electrons. The zero-order chi connectivity index (χ0) is 4.50. The SMILES string of the molecule is [K+].[Mg+2].[O-][Si]([O-])([O-])O. The third-order valence-corrected chi connectivity index (χ3v) is 0. The Morgan fingerprint density at radius 1 is 1.14 bits per heavy atom. The van der Waals surface area contributed by atoms with Crippen molar-refractivity contribution in [2.24, 2.45) is 0 Å². The van der Waals surface area contributed by atoms with Gasteiger partial charge in [0, 0.05) is 0 Å². The van der Waals surface area contributed by atoms with Crippen LogP contribution in [0.2, 0.25) is 0 Å². The predicted octanol–water partition coefficient (Wildman–Crippen LogP) is -7.88. The van der Waals surface area contributed by atoms with Crippen LogP contribution in [0, 0.1) is 0 Å². The third-order valence-electron chi connectivity index (χ3n) is 0. The first-order valence-corrected chi connectivity index (χ1v) is 2.51. The average molecular weight is 156 g/mol. The van der Waals surface area contributed by atoms with Crippen LogP contribution in [0.5, 0.6) is 0 Å². The van der Waals surface area contributed by atoms with Crippen molar-refractivity contribution in [3.8, 4) is 0 Å². The van der Waals surface area contributed by atoms with Crippen molar-refractivity contribution in [2.75, 3.05) is 0 Å². The first-order valence-electron chi connectivity index (χ1n) is 0.836. The Balaban J connectivity index is -0.0000000800. The van der Waals surface area contributed by atoms with Crippen molar-refractivity contribution in [2.45, 2.75) is 0 Å². The van der Waals surface area contributed by atoms with Gasteiger partial charge in [-0.3, -0.25) is 0 Å². The molecule has 7 heteroatoms. The summed E-state index contributed by atoms with van der Waals surface area (Å²) in [5.41, 5.74) is 0. The number of hydrogen-bond donors (Lipinski definition) is 1. The molecule has 0 bridgehead atoms. The molecule has 0 aromatic heterocycles. The molecule has 0 aromatic carbocycles. The molecular weight excluding hydrogens is 155 g/mol. The minimum Gasteiger partial charge on any atom is -0.861 e. The van der Waals surface area contributed by atoms with Gasteiger partial charge in [0.2, 0.25) is 0 Å². The summed E-state index contributed by atoms with van der Waals surface area (Å²) in [7, 11) is -5.36. The maximum Gasteiger partial charge on any atom is 2.00 e. The second kappa shape index (κ2) is 6.58. The quantitative estimate of drug-likeness (QED) is 0.353. The fraction of sp³-hybridized carbons (Fsp3) is 0. The van der Waals surface area contributed by atoms with Gasteiger partial charge in [0.1, 0.15) is 0 Å². The molecule has 0 rings (SSSR count). The molecule has 0 amide bonds. The van der Waals surface area contributed by atoms with Gasteiger partial charge >= 0.3 is 74.4 Å². The molecule has 4 nitrogen and oxygen atoms in total. The molecule has 0 aliphatic heterocycles. The minimum atomic E-state index is -5.36. The average Bonchev–Trinajstić information content (AvgIpc) is 0.722. The molecule has 0 aliphatic carbocycles. The summed E-state index contributed by atoms with van der Waals surface area (Å²) >= 11 is 0. The fourth-order valence-corrected chi connectivity index (χ4v) is 0. The van der Waals surface area contributed by atoms with Gasteiger partial charge in [-0.2, -0.15) is 0 Å². The summed E-state index contributed by atoms with van der Waals surface area (Å²) in [6, 6.07) is 0. The van der Waals surface area contributed by atoms with E-state index in [0.29, 0.717) is 0 Å². The Morgan fingerprint density at radius 3 is 1.14 bits per heavy atom. The van der Waals surface area contributed by atoms with E-state index >= 15 is 0 Å². The van der Waals surface area contributed by atoms with Crippen molar-refractivity contribution in [1.29, 1.82) is 0 Å². The molecule has 0 atom stereocenters. The predicted molar refractivity (Wildman–Crippen MR) is 13.7 cm³/mol. The van der Waals surface area contributed by atoms with Crippen molar-refractivity contribution in [1.82, 2.24) is 0 Å². The van der Waals surface area contributed by atoms with Crippen LogP contribution in [0.1, 0.15) is 0 Å². The van der Waals surface area contributed by atoms with Crippen LogP contribution in [0.15, 0.2) is 0 Å². The number of hydrogen-bond acceptors (Lipinski definition) is 4. The molecule has 0 aliphatic rings. The summed E-state index contributed by atoms with van der Waals surface area (Å²) in [5.74, 6) is 0. The zero-order valence-corrected chi connectivity index (χ0v) is 9.42. The smallest absolute Gasteiger partial charge is 0.861 e. The largest absolute Gasteiger partial charge is 2.00 e. The van der Waals surface area contributed by atoms with Crippen molar-refractivity contribution in [3.63, 3.8) is 0 Å². The molecule has 0 saturated carbocycles. The minimum absolute atomic E-state index is 0. The first-order chi connectivity index (χ1) is 2.00. The van der Waals surface area contributed by atoms with Crippen LogP contribution in [0.3, 0.4) is 0 Å². The molecule has 0 spiro atoms. The molecule has 7 heavy (non-hydrogen) atoms. The van der Waals surface area contributed by atoms with E-state index in [-0.39, 0.29) is 74.4 Å². The van der Waals surface area contributed by atoms with Crippen LogP contribution >= 0.6 is 0 Å². The Labute approximate surface area is 101 Å². The summed E-state index contributed by atoms with van der Waals surface area (Å²) < 4.78 is 0. The fourth-order valence-electron chi connectivity index (χ4n) is 0. The molecule has 0 saturated heterocycles. The van der Waals surface area contributed by atoms with E-state index < -0.39 is 9.05 Å². The summed E-state index contributed by atoms with van der Waals surface area (Å²) in [6.45, 7) is 0. The van der Waals surface area contributed by atoms with Gasteiger partial charge in [-0.25, -0.2) is 0 Å². The topological polar surface area (TPSA) is 89.4 Å². The second-order valence-corrected chi connectivity index (χ2v) is 1.57. The Morgan fingerprint density at radius 2 is 1.14 bits per heavy atom. The van der Waals surface area contributed by atoms with Gasteiger partial charge in [0.25, 0.3) is 0 Å². The van der Waals surface area contributed by atoms with E-state index in [4.69, 9.17) is 19.2 Å². The van der Waals surface area contributed by atoms with Gasteiger partial charge < -0.3 is 19.2 Å². The van der Waals surface area contributed by atoms with E-state index in [2.05, 4.69) is 0 Å². The molecule has 1 N–H and O–H groups in total. The molecule has 0 heterocycles. The third kappa shape index (κ3) is 58.4. The molecular formula is HKMgO4Si. The Hall–Kier alpha value is 2.46. The standard InChI is InChI=1S/K.Mg.HO4Si/c;;1-5(2,3)4/h;;1H/q+1;+2;-3. The monoisotopic (exact) mass is 156 g/mol. The summed E-state index contributed by atoms with van der Waals surface area (Å²) in [4.78, 5) is 33.1. The van der Waals surface area contributed by atoms with Gasteiger partial charge in [0.15, 0.2) is 0 Å². The van der Waals surface area contributed by atoms with Crippen LogP contribution < -0.4 is 65.8 Å². The van der Waals surface area contributed by atoms with Crippen molar-refractivity contribution < 1.29 is 70.6 Å². The van der Waals surface area contributed by atoms with E-state index in [9.17, 15) is 0 Å². The molecule has 0 fully saturated rings. The maximum atomic E-state index is 8.69. The van der Waals surface area contributed by atoms with E-state index in [1.165, 1.54) is 0 Å². The second-order valence-electron chi connectivity index (χ2n) is 0.524. The maximum absolute atomic E-state index is 8.69. The Bertz CT molecular complexity index is 27.2. The first kappa shape index (κ1) is 16.2. The van der Waals surface area contributed by atoms with Crippen LogP contribution in [-0.4, -0.2) is 36.9 Å². The van der Waals surface area contributed by atoms with E-state index in [1.807, 2.05) is 0 Å². The zero-order valence-electron chi connectivity index (χ0n) is 3.88. The van der Waals surface area contributed by atoms with Gasteiger partial charge in [-0.15, -0.1) is 9.05 Å². The normalized spacial score (nSPS) is 8.57. The Kier molecular flexibility index (Phi) is 15.2.